The molecule has 0 radical (unpaired) electrons. The Labute approximate surface area is 110 Å². The third-order valence-electron chi connectivity index (χ3n) is 2.75. The average Bonchev–Trinajstić information content (AvgIpc) is 2.36. The average molecular weight is 259 g/mol. The summed E-state index contributed by atoms with van der Waals surface area (Å²) in [5.74, 6) is 0. The van der Waals surface area contributed by atoms with Gasteiger partial charge >= 0.3 is 0 Å². The van der Waals surface area contributed by atoms with Crippen LogP contribution >= 0.6 is 11.6 Å². The highest BCUT2D eigenvalue weighted by Gasteiger charge is 2.06. The largest absolute Gasteiger partial charge is 0.310 e. The maximum atomic E-state index is 12.0. The lowest BCUT2D eigenvalue weighted by molar-refractivity contribution is 0.754. The highest BCUT2D eigenvalue weighted by Crippen LogP contribution is 2.10. The van der Waals surface area contributed by atoms with Crippen LogP contribution in [0.25, 0.3) is 0 Å². The Balaban J connectivity index is 2.39. The molecule has 0 bridgehead atoms. The molecule has 0 spiro atoms. The summed E-state index contributed by atoms with van der Waals surface area (Å²) in [7, 11) is 0. The molecule has 90 valence electrons. The van der Waals surface area contributed by atoms with Gasteiger partial charge in [0.1, 0.15) is 11.6 Å². The van der Waals surface area contributed by atoms with E-state index >= 15 is 0 Å². The van der Waals surface area contributed by atoms with Gasteiger partial charge in [0, 0.05) is 11.2 Å². The smallest absolute Gasteiger partial charge is 0.269 e. The topological polar surface area (TPSA) is 45.8 Å². The zero-order valence-corrected chi connectivity index (χ0v) is 10.6. The van der Waals surface area contributed by atoms with Crippen LogP contribution < -0.4 is 5.56 Å². The van der Waals surface area contributed by atoms with Crippen LogP contribution in [-0.2, 0) is 6.54 Å². The number of hydrogen-bond acceptors (Lipinski definition) is 2. The second kappa shape index (κ2) is 5.07. The predicted molar refractivity (Wildman–Crippen MR) is 70.7 cm³/mol. The molecule has 0 fully saturated rings. The summed E-state index contributed by atoms with van der Waals surface area (Å²) in [5.41, 5.74) is 1.61. The van der Waals surface area contributed by atoms with Gasteiger partial charge in [-0.1, -0.05) is 23.7 Å². The molecule has 1 aromatic carbocycles. The van der Waals surface area contributed by atoms with Crippen LogP contribution in [0.15, 0.2) is 41.3 Å². The molecular formula is C14H11ClN2O. The zero-order chi connectivity index (χ0) is 13.1. The summed E-state index contributed by atoms with van der Waals surface area (Å²) in [5, 5.41) is 9.61. The molecule has 1 aromatic heterocycles. The second-order valence-electron chi connectivity index (χ2n) is 4.05. The van der Waals surface area contributed by atoms with Crippen molar-refractivity contribution in [2.75, 3.05) is 0 Å². The van der Waals surface area contributed by atoms with E-state index in [1.165, 1.54) is 4.57 Å². The summed E-state index contributed by atoms with van der Waals surface area (Å²) < 4.78 is 1.52. The Hall–Kier alpha value is -2.05. The molecule has 0 amide bonds. The molecule has 0 saturated carbocycles. The van der Waals surface area contributed by atoms with Gasteiger partial charge in [0.2, 0.25) is 0 Å². The first-order chi connectivity index (χ1) is 8.61. The van der Waals surface area contributed by atoms with E-state index in [0.29, 0.717) is 17.1 Å². The lowest BCUT2D eigenvalue weighted by atomic mass is 10.1. The van der Waals surface area contributed by atoms with Crippen LogP contribution in [0.3, 0.4) is 0 Å². The van der Waals surface area contributed by atoms with Gasteiger partial charge in [0.15, 0.2) is 0 Å². The zero-order valence-electron chi connectivity index (χ0n) is 9.85. The summed E-state index contributed by atoms with van der Waals surface area (Å²) in [6.45, 7) is 2.19. The van der Waals surface area contributed by atoms with Crippen molar-refractivity contribution >= 4 is 11.6 Å². The van der Waals surface area contributed by atoms with Gasteiger partial charge < -0.3 is 4.57 Å². The molecular weight excluding hydrogens is 248 g/mol. The highest BCUT2D eigenvalue weighted by atomic mass is 35.5. The first kappa shape index (κ1) is 12.4. The molecule has 0 aliphatic carbocycles. The van der Waals surface area contributed by atoms with Gasteiger partial charge in [-0.15, -0.1) is 0 Å². The number of halogens is 1. The fourth-order valence-electron chi connectivity index (χ4n) is 1.71. The number of hydrogen-bond donors (Lipinski definition) is 0. The first-order valence-corrected chi connectivity index (χ1v) is 5.84. The highest BCUT2D eigenvalue weighted by molar-refractivity contribution is 6.30. The Kier molecular flexibility index (Phi) is 3.50. The molecule has 0 aliphatic rings. The van der Waals surface area contributed by atoms with Gasteiger partial charge in [0.05, 0.1) is 6.54 Å². The van der Waals surface area contributed by atoms with Crippen LogP contribution in [0.1, 0.15) is 16.7 Å². The van der Waals surface area contributed by atoms with E-state index in [4.69, 9.17) is 16.9 Å². The molecule has 4 heteroatoms. The molecule has 0 aliphatic heterocycles. The fourth-order valence-corrected chi connectivity index (χ4v) is 1.84. The van der Waals surface area contributed by atoms with Crippen LogP contribution in [0.2, 0.25) is 5.02 Å². The molecule has 1 heterocycles. The van der Waals surface area contributed by atoms with E-state index in [9.17, 15) is 4.79 Å². The van der Waals surface area contributed by atoms with E-state index in [2.05, 4.69) is 0 Å². The molecule has 3 nitrogen and oxygen atoms in total. The number of rotatable bonds is 2. The van der Waals surface area contributed by atoms with E-state index in [0.717, 1.165) is 5.56 Å². The standard InChI is InChI=1S/C14H11ClN2O/c1-10-6-7-17(14(18)13(10)8-16)9-11-2-4-12(15)5-3-11/h2-7H,9H2,1H3. The predicted octanol–water partition coefficient (Wildman–Crippen LogP) is 2.73. The van der Waals surface area contributed by atoms with Gasteiger partial charge in [-0.25, -0.2) is 0 Å². The third-order valence-corrected chi connectivity index (χ3v) is 3.00. The number of aromatic nitrogens is 1. The van der Waals surface area contributed by atoms with Crippen molar-refractivity contribution in [2.45, 2.75) is 13.5 Å². The maximum absolute atomic E-state index is 12.0. The van der Waals surface area contributed by atoms with Crippen molar-refractivity contribution in [1.29, 1.82) is 5.26 Å². The Bertz CT molecular complexity index is 666. The van der Waals surface area contributed by atoms with Crippen LogP contribution in [-0.4, -0.2) is 4.57 Å². The molecule has 0 N–H and O–H groups in total. The van der Waals surface area contributed by atoms with E-state index in [-0.39, 0.29) is 11.1 Å². The number of benzene rings is 1. The molecule has 0 atom stereocenters. The van der Waals surface area contributed by atoms with Gasteiger partial charge in [-0.2, -0.15) is 5.26 Å². The van der Waals surface area contributed by atoms with Crippen molar-refractivity contribution in [3.8, 4) is 6.07 Å². The van der Waals surface area contributed by atoms with Crippen molar-refractivity contribution in [1.82, 2.24) is 4.57 Å². The lowest BCUT2D eigenvalue weighted by Crippen LogP contribution is -2.23. The Morgan fingerprint density at radius 2 is 1.94 bits per heavy atom. The Morgan fingerprint density at radius 3 is 2.56 bits per heavy atom. The summed E-state index contributed by atoms with van der Waals surface area (Å²) in [6.07, 6.45) is 1.70. The third kappa shape index (κ3) is 2.44. The summed E-state index contributed by atoms with van der Waals surface area (Å²) in [4.78, 5) is 12.0. The lowest BCUT2D eigenvalue weighted by Gasteiger charge is -2.07. The van der Waals surface area contributed by atoms with Gasteiger partial charge in [0.25, 0.3) is 5.56 Å². The molecule has 2 aromatic rings. The SMILES string of the molecule is Cc1ccn(Cc2ccc(Cl)cc2)c(=O)c1C#N. The quantitative estimate of drug-likeness (QED) is 0.831. The molecule has 0 saturated heterocycles. The normalized spacial score (nSPS) is 10.1. The van der Waals surface area contributed by atoms with Crippen molar-refractivity contribution in [2.24, 2.45) is 0 Å². The number of aryl methyl sites for hydroxylation is 1. The Morgan fingerprint density at radius 1 is 1.28 bits per heavy atom. The van der Waals surface area contributed by atoms with Crippen molar-refractivity contribution in [3.63, 3.8) is 0 Å². The van der Waals surface area contributed by atoms with Gasteiger partial charge in [-0.3, -0.25) is 4.79 Å². The number of pyridine rings is 1. The number of nitriles is 1. The number of nitrogens with zero attached hydrogens (tertiary/aromatic N) is 2. The molecule has 2 rings (SSSR count). The summed E-state index contributed by atoms with van der Waals surface area (Å²) in [6, 6.07) is 11.0. The van der Waals surface area contributed by atoms with Crippen molar-refractivity contribution < 1.29 is 0 Å². The minimum absolute atomic E-state index is 0.200. The minimum Gasteiger partial charge on any atom is -0.310 e. The minimum atomic E-state index is -0.257. The summed E-state index contributed by atoms with van der Waals surface area (Å²) >= 11 is 5.80. The first-order valence-electron chi connectivity index (χ1n) is 5.46. The van der Waals surface area contributed by atoms with Crippen LogP contribution in [0, 0.1) is 18.3 Å². The molecule has 18 heavy (non-hydrogen) atoms. The second-order valence-corrected chi connectivity index (χ2v) is 4.48. The monoisotopic (exact) mass is 258 g/mol. The van der Waals surface area contributed by atoms with E-state index in [1.807, 2.05) is 18.2 Å². The van der Waals surface area contributed by atoms with Crippen LogP contribution in [0.4, 0.5) is 0 Å². The van der Waals surface area contributed by atoms with E-state index in [1.54, 1.807) is 31.3 Å². The molecule has 0 unspecified atom stereocenters. The maximum Gasteiger partial charge on any atom is 0.269 e. The van der Waals surface area contributed by atoms with Gasteiger partial charge in [-0.05, 0) is 36.2 Å². The fraction of sp³-hybridized carbons (Fsp3) is 0.143. The van der Waals surface area contributed by atoms with Crippen LogP contribution in [0.5, 0.6) is 0 Å². The van der Waals surface area contributed by atoms with Crippen molar-refractivity contribution in [3.05, 3.63) is 68.6 Å². The van der Waals surface area contributed by atoms with E-state index < -0.39 is 0 Å².